The molecule has 1 unspecified atom stereocenters. The highest BCUT2D eigenvalue weighted by Crippen LogP contribution is 2.26. The van der Waals surface area contributed by atoms with Gasteiger partial charge in [0.1, 0.15) is 0 Å². The van der Waals surface area contributed by atoms with E-state index in [4.69, 9.17) is 10.2 Å². The van der Waals surface area contributed by atoms with Crippen LogP contribution in [-0.2, 0) is 4.79 Å². The summed E-state index contributed by atoms with van der Waals surface area (Å²) < 4.78 is 25.3. The molecule has 2 N–H and O–H groups in total. The number of rotatable bonds is 2. The first-order valence-electron chi connectivity index (χ1n) is 3.48. The van der Waals surface area contributed by atoms with E-state index < -0.39 is 23.7 Å². The molecule has 0 saturated carbocycles. The Bertz CT molecular complexity index is 381. The second-order valence-corrected chi connectivity index (χ2v) is 3.38. The number of carbonyl (C=O) groups is 1. The number of aliphatic hydroxyl groups excluding tert-OH is 1. The summed E-state index contributed by atoms with van der Waals surface area (Å²) in [6.45, 7) is 0. The van der Waals surface area contributed by atoms with Crippen molar-refractivity contribution in [1.82, 2.24) is 0 Å². The van der Waals surface area contributed by atoms with Gasteiger partial charge in [-0.2, -0.15) is 0 Å². The van der Waals surface area contributed by atoms with Gasteiger partial charge in [0, 0.05) is 10.0 Å². The quantitative estimate of drug-likeness (QED) is 0.804. The lowest BCUT2D eigenvalue weighted by Gasteiger charge is -2.08. The van der Waals surface area contributed by atoms with Crippen molar-refractivity contribution in [2.24, 2.45) is 0 Å². The van der Waals surface area contributed by atoms with Crippen LogP contribution in [0.15, 0.2) is 16.6 Å². The standard InChI is InChI=1S/C8H5BrF2O3/c9-4-2-6(11)5(10)1-3(4)7(12)8(13)14/h1-2,7,12H,(H,13,14). The van der Waals surface area contributed by atoms with Gasteiger partial charge in [-0.1, -0.05) is 15.9 Å². The second kappa shape index (κ2) is 4.02. The van der Waals surface area contributed by atoms with Gasteiger partial charge < -0.3 is 10.2 Å². The molecule has 0 fully saturated rings. The van der Waals surface area contributed by atoms with Gasteiger partial charge in [-0.05, 0) is 12.1 Å². The largest absolute Gasteiger partial charge is 0.479 e. The Labute approximate surface area is 86.1 Å². The van der Waals surface area contributed by atoms with E-state index in [2.05, 4.69) is 15.9 Å². The summed E-state index contributed by atoms with van der Waals surface area (Å²) in [6, 6.07) is 1.40. The van der Waals surface area contributed by atoms with Crippen molar-refractivity contribution in [3.63, 3.8) is 0 Å². The number of benzene rings is 1. The molecular formula is C8H5BrF2O3. The zero-order valence-electron chi connectivity index (χ0n) is 6.67. The maximum atomic E-state index is 12.7. The predicted molar refractivity (Wildman–Crippen MR) is 46.7 cm³/mol. The fourth-order valence-corrected chi connectivity index (χ4v) is 1.41. The number of hydrogen-bond acceptors (Lipinski definition) is 2. The van der Waals surface area contributed by atoms with E-state index >= 15 is 0 Å². The zero-order chi connectivity index (χ0) is 10.9. The smallest absolute Gasteiger partial charge is 0.337 e. The van der Waals surface area contributed by atoms with Crippen LogP contribution in [0.25, 0.3) is 0 Å². The number of hydrogen-bond donors (Lipinski definition) is 2. The molecule has 6 heteroatoms. The van der Waals surface area contributed by atoms with E-state index in [-0.39, 0.29) is 10.0 Å². The van der Waals surface area contributed by atoms with Crippen LogP contribution >= 0.6 is 15.9 Å². The summed E-state index contributed by atoms with van der Waals surface area (Å²) in [6.07, 6.45) is -1.88. The van der Waals surface area contributed by atoms with Crippen molar-refractivity contribution >= 4 is 21.9 Å². The molecule has 1 atom stereocenters. The maximum absolute atomic E-state index is 12.7. The first-order chi connectivity index (χ1) is 6.43. The molecule has 3 nitrogen and oxygen atoms in total. The van der Waals surface area contributed by atoms with Gasteiger partial charge in [0.15, 0.2) is 17.7 Å². The molecule has 0 amide bonds. The highest BCUT2D eigenvalue weighted by molar-refractivity contribution is 9.10. The van der Waals surface area contributed by atoms with Crippen molar-refractivity contribution in [2.45, 2.75) is 6.10 Å². The third kappa shape index (κ3) is 2.08. The fourth-order valence-electron chi connectivity index (χ4n) is 0.881. The van der Waals surface area contributed by atoms with E-state index in [1.165, 1.54) is 0 Å². The molecule has 76 valence electrons. The van der Waals surface area contributed by atoms with Gasteiger partial charge in [0.2, 0.25) is 0 Å². The minimum absolute atomic E-state index is 0.00583. The van der Waals surface area contributed by atoms with Crippen LogP contribution in [0.3, 0.4) is 0 Å². The Hall–Kier alpha value is -1.01. The van der Waals surface area contributed by atoms with E-state index in [1.54, 1.807) is 0 Å². The monoisotopic (exact) mass is 266 g/mol. The fraction of sp³-hybridized carbons (Fsp3) is 0.125. The molecule has 14 heavy (non-hydrogen) atoms. The summed E-state index contributed by atoms with van der Waals surface area (Å²) in [5.74, 6) is -3.85. The molecule has 0 aromatic heterocycles. The number of carboxylic acids is 1. The van der Waals surface area contributed by atoms with Crippen molar-refractivity contribution in [3.05, 3.63) is 33.8 Å². The molecule has 1 aromatic carbocycles. The normalized spacial score (nSPS) is 12.6. The first kappa shape index (κ1) is 11.1. The first-order valence-corrected chi connectivity index (χ1v) is 4.28. The molecule has 1 rings (SSSR count). The highest BCUT2D eigenvalue weighted by atomic mass is 79.9. The average molecular weight is 267 g/mol. The van der Waals surface area contributed by atoms with Crippen LogP contribution in [0, 0.1) is 11.6 Å². The Morgan fingerprint density at radius 1 is 1.36 bits per heavy atom. The third-order valence-electron chi connectivity index (χ3n) is 1.57. The van der Waals surface area contributed by atoms with Crippen molar-refractivity contribution < 1.29 is 23.8 Å². The van der Waals surface area contributed by atoms with Gasteiger partial charge in [-0.15, -0.1) is 0 Å². The number of aliphatic hydroxyl groups is 1. The van der Waals surface area contributed by atoms with Gasteiger partial charge in [-0.3, -0.25) is 0 Å². The lowest BCUT2D eigenvalue weighted by Crippen LogP contribution is -2.11. The molecule has 0 aliphatic rings. The van der Waals surface area contributed by atoms with Crippen molar-refractivity contribution in [2.75, 3.05) is 0 Å². The summed E-state index contributed by atoms with van der Waals surface area (Å²) in [7, 11) is 0. The second-order valence-electron chi connectivity index (χ2n) is 2.53. The molecule has 0 saturated heterocycles. The van der Waals surface area contributed by atoms with Crippen molar-refractivity contribution in [3.8, 4) is 0 Å². The van der Waals surface area contributed by atoms with Crippen LogP contribution in [0.4, 0.5) is 8.78 Å². The summed E-state index contributed by atoms with van der Waals surface area (Å²) in [5, 5.41) is 17.5. The van der Waals surface area contributed by atoms with Gasteiger partial charge in [-0.25, -0.2) is 13.6 Å². The molecule has 0 radical (unpaired) electrons. The lowest BCUT2D eigenvalue weighted by atomic mass is 10.1. The van der Waals surface area contributed by atoms with Gasteiger partial charge in [0.05, 0.1) is 0 Å². The molecule has 0 spiro atoms. The Kier molecular flexibility index (Phi) is 3.17. The highest BCUT2D eigenvalue weighted by Gasteiger charge is 2.20. The molecule has 0 heterocycles. The summed E-state index contributed by atoms with van der Waals surface area (Å²) in [5.41, 5.74) is -0.226. The van der Waals surface area contributed by atoms with E-state index in [1.807, 2.05) is 0 Å². The zero-order valence-corrected chi connectivity index (χ0v) is 8.25. The summed E-state index contributed by atoms with van der Waals surface area (Å²) >= 11 is 2.82. The Morgan fingerprint density at radius 2 is 1.86 bits per heavy atom. The molecule has 0 aliphatic heterocycles. The molecular weight excluding hydrogens is 262 g/mol. The number of aliphatic carboxylic acids is 1. The minimum Gasteiger partial charge on any atom is -0.479 e. The SMILES string of the molecule is O=C(O)C(O)c1cc(F)c(F)cc1Br. The Balaban J connectivity index is 3.22. The van der Waals surface area contributed by atoms with Crippen molar-refractivity contribution in [1.29, 1.82) is 0 Å². The van der Waals surface area contributed by atoms with E-state index in [0.717, 1.165) is 6.07 Å². The van der Waals surface area contributed by atoms with E-state index in [0.29, 0.717) is 6.07 Å². The van der Waals surface area contributed by atoms with Gasteiger partial charge >= 0.3 is 5.97 Å². The van der Waals surface area contributed by atoms with Crippen LogP contribution in [0.5, 0.6) is 0 Å². The van der Waals surface area contributed by atoms with Crippen LogP contribution < -0.4 is 0 Å². The lowest BCUT2D eigenvalue weighted by molar-refractivity contribution is -0.147. The molecule has 0 aliphatic carbocycles. The topological polar surface area (TPSA) is 57.5 Å². The van der Waals surface area contributed by atoms with Crippen LogP contribution in [-0.4, -0.2) is 16.2 Å². The number of carboxylic acid groups (broad SMARTS) is 1. The third-order valence-corrected chi connectivity index (χ3v) is 2.25. The van der Waals surface area contributed by atoms with Gasteiger partial charge in [0.25, 0.3) is 0 Å². The number of halogens is 3. The summed E-state index contributed by atoms with van der Waals surface area (Å²) in [4.78, 5) is 10.4. The average Bonchev–Trinajstić information content (AvgIpc) is 2.10. The minimum atomic E-state index is -1.88. The van der Waals surface area contributed by atoms with Crippen LogP contribution in [0.1, 0.15) is 11.7 Å². The molecule has 0 bridgehead atoms. The maximum Gasteiger partial charge on any atom is 0.337 e. The predicted octanol–water partition coefficient (Wildman–Crippen LogP) is 1.85. The molecule has 1 aromatic rings. The van der Waals surface area contributed by atoms with Crippen LogP contribution in [0.2, 0.25) is 0 Å². The van der Waals surface area contributed by atoms with E-state index in [9.17, 15) is 13.6 Å². The Morgan fingerprint density at radius 3 is 2.36 bits per heavy atom.